The summed E-state index contributed by atoms with van der Waals surface area (Å²) in [6.07, 6.45) is 1.04. The Morgan fingerprint density at radius 3 is 2.83 bits per heavy atom. The van der Waals surface area contributed by atoms with Crippen LogP contribution < -0.4 is 10.1 Å². The van der Waals surface area contributed by atoms with Crippen molar-refractivity contribution in [3.8, 4) is 5.75 Å². The number of esters is 2. The van der Waals surface area contributed by atoms with E-state index < -0.39 is 24.1 Å². The second-order valence-corrected chi connectivity index (χ2v) is 5.30. The fourth-order valence-corrected chi connectivity index (χ4v) is 2.19. The number of cyclic esters (lactones) is 2. The molecule has 0 saturated carbocycles. The molecule has 1 aromatic rings. The van der Waals surface area contributed by atoms with Crippen LogP contribution in [-0.2, 0) is 25.7 Å². The first kappa shape index (κ1) is 17.5. The summed E-state index contributed by atoms with van der Waals surface area (Å²) in [5.41, 5.74) is 1.77. The van der Waals surface area contributed by atoms with Crippen LogP contribution >= 0.6 is 0 Å². The summed E-state index contributed by atoms with van der Waals surface area (Å²) in [5.74, 6) is -0.368. The third-order valence-corrected chi connectivity index (χ3v) is 3.40. The predicted molar refractivity (Wildman–Crippen MR) is 84.3 cm³/mol. The van der Waals surface area contributed by atoms with E-state index in [0.717, 1.165) is 16.9 Å². The van der Waals surface area contributed by atoms with Gasteiger partial charge in [-0.05, 0) is 36.6 Å². The van der Waals surface area contributed by atoms with E-state index in [1.165, 1.54) is 0 Å². The van der Waals surface area contributed by atoms with Gasteiger partial charge in [-0.25, -0.2) is 9.59 Å². The zero-order chi connectivity index (χ0) is 17.5. The fraction of sp³-hybridized carbons (Fsp3) is 0.353. The highest BCUT2D eigenvalue weighted by atomic mass is 16.6. The fourth-order valence-electron chi connectivity index (χ4n) is 2.19. The van der Waals surface area contributed by atoms with Crippen LogP contribution in [0.1, 0.15) is 24.0 Å². The van der Waals surface area contributed by atoms with Crippen LogP contribution in [0.5, 0.6) is 5.75 Å². The van der Waals surface area contributed by atoms with Crippen molar-refractivity contribution < 1.29 is 28.6 Å². The Bertz CT molecular complexity index is 654. The van der Waals surface area contributed by atoms with E-state index >= 15 is 0 Å². The summed E-state index contributed by atoms with van der Waals surface area (Å²) in [5, 5.41) is 2.32. The van der Waals surface area contributed by atoms with Gasteiger partial charge in [-0.15, -0.1) is 0 Å². The van der Waals surface area contributed by atoms with Crippen molar-refractivity contribution in [3.63, 3.8) is 0 Å². The molecule has 1 amide bonds. The summed E-state index contributed by atoms with van der Waals surface area (Å²) >= 11 is 0. The molecule has 0 aliphatic carbocycles. The number of carbonyl (C=O) groups is 3. The standard InChI is InChI=1S/C17H19NO6/c1-3-8-22-14-6-4-12(9-11(14)2)10-23-15(19)7-5-13-16(20)24-17(21)18-13/h3-4,6,9,13H,1,5,7-8,10H2,2H3,(H,18,21)/t13-/m0/s1. The lowest BCUT2D eigenvalue weighted by atomic mass is 10.1. The Morgan fingerprint density at radius 2 is 2.21 bits per heavy atom. The second kappa shape index (κ2) is 8.14. The number of ether oxygens (including phenoxy) is 3. The molecule has 7 heteroatoms. The molecule has 1 fully saturated rings. The maximum Gasteiger partial charge on any atom is 0.415 e. The van der Waals surface area contributed by atoms with Gasteiger partial charge < -0.3 is 19.5 Å². The maximum absolute atomic E-state index is 11.7. The van der Waals surface area contributed by atoms with Gasteiger partial charge in [0, 0.05) is 6.42 Å². The van der Waals surface area contributed by atoms with E-state index in [-0.39, 0.29) is 19.4 Å². The third-order valence-electron chi connectivity index (χ3n) is 3.40. The highest BCUT2D eigenvalue weighted by Gasteiger charge is 2.32. The molecule has 2 rings (SSSR count). The second-order valence-electron chi connectivity index (χ2n) is 5.30. The van der Waals surface area contributed by atoms with Gasteiger partial charge in [0.05, 0.1) is 0 Å². The van der Waals surface area contributed by atoms with E-state index in [0.29, 0.717) is 6.61 Å². The molecule has 0 unspecified atom stereocenters. The number of hydrogen-bond acceptors (Lipinski definition) is 6. The van der Waals surface area contributed by atoms with Crippen molar-refractivity contribution >= 4 is 18.0 Å². The molecule has 1 N–H and O–H groups in total. The highest BCUT2D eigenvalue weighted by Crippen LogP contribution is 2.20. The zero-order valence-corrected chi connectivity index (χ0v) is 13.4. The number of nitrogens with one attached hydrogen (secondary N) is 1. The van der Waals surface area contributed by atoms with Gasteiger partial charge in [-0.1, -0.05) is 18.7 Å². The van der Waals surface area contributed by atoms with Crippen LogP contribution in [-0.4, -0.2) is 30.7 Å². The van der Waals surface area contributed by atoms with Crippen LogP contribution in [0.15, 0.2) is 30.9 Å². The molecule has 0 aromatic heterocycles. The quantitative estimate of drug-likeness (QED) is 0.445. The molecule has 24 heavy (non-hydrogen) atoms. The number of benzene rings is 1. The molecule has 0 spiro atoms. The third kappa shape index (κ3) is 4.84. The summed E-state index contributed by atoms with van der Waals surface area (Å²) in [7, 11) is 0. The number of rotatable bonds is 8. The Balaban J connectivity index is 1.77. The van der Waals surface area contributed by atoms with Gasteiger partial charge in [0.2, 0.25) is 0 Å². The first-order chi connectivity index (χ1) is 11.5. The minimum Gasteiger partial charge on any atom is -0.489 e. The molecule has 1 saturated heterocycles. The molecule has 1 heterocycles. The molecule has 1 atom stereocenters. The normalized spacial score (nSPS) is 16.3. The molecular formula is C17H19NO6. The van der Waals surface area contributed by atoms with Gasteiger partial charge in [0.25, 0.3) is 0 Å². The van der Waals surface area contributed by atoms with Crippen LogP contribution in [0, 0.1) is 6.92 Å². The Hall–Kier alpha value is -2.83. The number of aryl methyl sites for hydroxylation is 1. The molecule has 7 nitrogen and oxygen atoms in total. The number of amides is 1. The number of hydrogen-bond donors (Lipinski definition) is 1. The summed E-state index contributed by atoms with van der Waals surface area (Å²) in [6.45, 7) is 6.05. The van der Waals surface area contributed by atoms with Crippen molar-refractivity contribution in [1.82, 2.24) is 5.32 Å². The lowest BCUT2D eigenvalue weighted by Crippen LogP contribution is -2.29. The van der Waals surface area contributed by atoms with Crippen molar-refractivity contribution in [2.24, 2.45) is 0 Å². The maximum atomic E-state index is 11.7. The van der Waals surface area contributed by atoms with Crippen molar-refractivity contribution in [1.29, 1.82) is 0 Å². The van der Waals surface area contributed by atoms with E-state index in [1.807, 2.05) is 25.1 Å². The van der Waals surface area contributed by atoms with Crippen molar-refractivity contribution in [2.75, 3.05) is 6.61 Å². The zero-order valence-electron chi connectivity index (χ0n) is 13.4. The van der Waals surface area contributed by atoms with E-state index in [4.69, 9.17) is 9.47 Å². The summed E-state index contributed by atoms with van der Waals surface area (Å²) < 4.78 is 15.0. The summed E-state index contributed by atoms with van der Waals surface area (Å²) in [6, 6.07) is 4.72. The van der Waals surface area contributed by atoms with Crippen molar-refractivity contribution in [3.05, 3.63) is 42.0 Å². The number of carbonyl (C=O) groups excluding carboxylic acids is 3. The smallest absolute Gasteiger partial charge is 0.415 e. The van der Waals surface area contributed by atoms with Crippen LogP contribution in [0.2, 0.25) is 0 Å². The molecular weight excluding hydrogens is 314 g/mol. The van der Waals surface area contributed by atoms with Gasteiger partial charge in [-0.3, -0.25) is 4.79 Å². The lowest BCUT2D eigenvalue weighted by Gasteiger charge is -2.10. The lowest BCUT2D eigenvalue weighted by molar-refractivity contribution is -0.145. The molecule has 0 bridgehead atoms. The van der Waals surface area contributed by atoms with Gasteiger partial charge in [0.1, 0.15) is 25.0 Å². The largest absolute Gasteiger partial charge is 0.489 e. The highest BCUT2D eigenvalue weighted by molar-refractivity contribution is 5.95. The average Bonchev–Trinajstić information content (AvgIpc) is 2.87. The Kier molecular flexibility index (Phi) is 5.95. The van der Waals surface area contributed by atoms with Crippen LogP contribution in [0.3, 0.4) is 0 Å². The minimum atomic E-state index is -0.785. The molecule has 0 radical (unpaired) electrons. The molecule has 1 aliphatic heterocycles. The van der Waals surface area contributed by atoms with Gasteiger partial charge >= 0.3 is 18.0 Å². The van der Waals surface area contributed by atoms with Crippen molar-refractivity contribution in [2.45, 2.75) is 32.4 Å². The van der Waals surface area contributed by atoms with E-state index in [2.05, 4.69) is 16.6 Å². The monoisotopic (exact) mass is 333 g/mol. The Morgan fingerprint density at radius 1 is 1.42 bits per heavy atom. The summed E-state index contributed by atoms with van der Waals surface area (Å²) in [4.78, 5) is 33.8. The number of alkyl carbamates (subject to hydrolysis) is 1. The minimum absolute atomic E-state index is 0.0135. The predicted octanol–water partition coefficient (Wildman–Crippen LogP) is 2.02. The molecule has 1 aliphatic rings. The van der Waals surface area contributed by atoms with E-state index in [9.17, 15) is 14.4 Å². The Labute approximate surface area is 139 Å². The first-order valence-electron chi connectivity index (χ1n) is 7.50. The first-order valence-corrected chi connectivity index (χ1v) is 7.50. The van der Waals surface area contributed by atoms with Gasteiger partial charge in [-0.2, -0.15) is 0 Å². The SMILES string of the molecule is C=CCOc1ccc(COC(=O)CC[C@@H]2NC(=O)OC2=O)cc1C. The molecule has 128 valence electrons. The van der Waals surface area contributed by atoms with Crippen LogP contribution in [0.25, 0.3) is 0 Å². The van der Waals surface area contributed by atoms with Gasteiger partial charge in [0.15, 0.2) is 0 Å². The molecule has 1 aromatic carbocycles. The topological polar surface area (TPSA) is 90.9 Å². The van der Waals surface area contributed by atoms with E-state index in [1.54, 1.807) is 6.08 Å². The average molecular weight is 333 g/mol. The van der Waals surface area contributed by atoms with Crippen LogP contribution in [0.4, 0.5) is 4.79 Å².